The minimum atomic E-state index is -0.544. The van der Waals surface area contributed by atoms with Gasteiger partial charge in [0.25, 0.3) is 0 Å². The number of esters is 1. The maximum absolute atomic E-state index is 13.2. The van der Waals surface area contributed by atoms with E-state index in [2.05, 4.69) is 10.1 Å². The second kappa shape index (κ2) is 6.42. The molecular weight excluding hydrogens is 225 g/mol. The lowest BCUT2D eigenvalue weighted by atomic mass is 10.2. The molecule has 1 aromatic rings. The lowest BCUT2D eigenvalue weighted by molar-refractivity contribution is -0.140. The molecule has 90 valence electrons. The number of nitrogens with one attached hydrogen (secondary N) is 1. The third kappa shape index (κ3) is 4.46. The molecule has 1 aromatic carbocycles. The Labute approximate surface area is 98.1 Å². The molecule has 0 saturated heterocycles. The van der Waals surface area contributed by atoms with Crippen LogP contribution in [-0.2, 0) is 14.3 Å². The Kier molecular flexibility index (Phi) is 4.87. The van der Waals surface area contributed by atoms with Gasteiger partial charge in [0, 0.05) is 11.6 Å². The number of hydrogen-bond acceptors (Lipinski definition) is 3. The summed E-state index contributed by atoms with van der Waals surface area (Å²) in [4.78, 5) is 21.9. The summed E-state index contributed by atoms with van der Waals surface area (Å²) in [7, 11) is 1.23. The molecule has 5 heteroatoms. The zero-order valence-corrected chi connectivity index (χ0v) is 9.27. The SMILES string of the molecule is COC(=O)CNC(=O)/C=C/c1ccccc1F. The molecule has 0 unspecified atom stereocenters. The van der Waals surface area contributed by atoms with Crippen molar-refractivity contribution in [1.82, 2.24) is 5.32 Å². The highest BCUT2D eigenvalue weighted by molar-refractivity contribution is 5.93. The van der Waals surface area contributed by atoms with Crippen LogP contribution in [0, 0.1) is 5.82 Å². The van der Waals surface area contributed by atoms with Crippen molar-refractivity contribution >= 4 is 18.0 Å². The summed E-state index contributed by atoms with van der Waals surface area (Å²) in [6.45, 7) is -0.211. The molecule has 0 aliphatic rings. The lowest BCUT2D eigenvalue weighted by Crippen LogP contribution is -2.28. The van der Waals surface area contributed by atoms with E-state index < -0.39 is 17.7 Å². The van der Waals surface area contributed by atoms with E-state index in [1.54, 1.807) is 18.2 Å². The first kappa shape index (κ1) is 12.9. The second-order valence-electron chi connectivity index (χ2n) is 3.15. The maximum atomic E-state index is 13.2. The van der Waals surface area contributed by atoms with Gasteiger partial charge in [-0.25, -0.2) is 4.39 Å². The van der Waals surface area contributed by atoms with Crippen molar-refractivity contribution in [3.8, 4) is 0 Å². The van der Waals surface area contributed by atoms with Crippen LogP contribution in [-0.4, -0.2) is 25.5 Å². The molecule has 0 saturated carbocycles. The number of carbonyl (C=O) groups excluding carboxylic acids is 2. The van der Waals surface area contributed by atoms with Gasteiger partial charge < -0.3 is 10.1 Å². The Morgan fingerprint density at radius 3 is 2.76 bits per heavy atom. The number of halogens is 1. The van der Waals surface area contributed by atoms with Gasteiger partial charge >= 0.3 is 5.97 Å². The van der Waals surface area contributed by atoms with Crippen LogP contribution >= 0.6 is 0 Å². The highest BCUT2D eigenvalue weighted by Gasteiger charge is 2.02. The van der Waals surface area contributed by atoms with E-state index in [4.69, 9.17) is 0 Å². The standard InChI is InChI=1S/C12H12FNO3/c1-17-12(16)8-14-11(15)7-6-9-4-2-3-5-10(9)13/h2-7H,8H2,1H3,(H,14,15)/b7-6+. The fourth-order valence-electron chi connectivity index (χ4n) is 1.07. The van der Waals surface area contributed by atoms with Gasteiger partial charge in [0.1, 0.15) is 12.4 Å². The quantitative estimate of drug-likeness (QED) is 0.630. The van der Waals surface area contributed by atoms with Gasteiger partial charge in [-0.05, 0) is 12.1 Å². The average Bonchev–Trinajstić information content (AvgIpc) is 2.35. The molecule has 0 aliphatic carbocycles. The van der Waals surface area contributed by atoms with E-state index in [-0.39, 0.29) is 6.54 Å². The van der Waals surface area contributed by atoms with Crippen molar-refractivity contribution in [2.45, 2.75) is 0 Å². The van der Waals surface area contributed by atoms with Crippen LogP contribution in [0.25, 0.3) is 6.08 Å². The van der Waals surface area contributed by atoms with Crippen LogP contribution in [0.1, 0.15) is 5.56 Å². The third-order valence-electron chi connectivity index (χ3n) is 1.95. The molecule has 0 aliphatic heterocycles. The van der Waals surface area contributed by atoms with Crippen LogP contribution in [0.2, 0.25) is 0 Å². The number of hydrogen-bond donors (Lipinski definition) is 1. The molecule has 0 fully saturated rings. The number of benzene rings is 1. The molecule has 0 bridgehead atoms. The zero-order chi connectivity index (χ0) is 12.7. The monoisotopic (exact) mass is 237 g/mol. The molecule has 0 spiro atoms. The predicted molar refractivity (Wildman–Crippen MR) is 60.5 cm³/mol. The topological polar surface area (TPSA) is 55.4 Å². The molecule has 1 N–H and O–H groups in total. The van der Waals surface area contributed by atoms with Crippen LogP contribution in [0.3, 0.4) is 0 Å². The number of rotatable bonds is 4. The normalized spacial score (nSPS) is 10.2. The first-order valence-electron chi connectivity index (χ1n) is 4.90. The maximum Gasteiger partial charge on any atom is 0.325 e. The molecule has 4 nitrogen and oxygen atoms in total. The fraction of sp³-hybridized carbons (Fsp3) is 0.167. The Bertz CT molecular complexity index is 443. The minimum Gasteiger partial charge on any atom is -0.468 e. The second-order valence-corrected chi connectivity index (χ2v) is 3.15. The molecule has 0 aromatic heterocycles. The van der Waals surface area contributed by atoms with Crippen molar-refractivity contribution in [2.24, 2.45) is 0 Å². The van der Waals surface area contributed by atoms with Crippen LogP contribution < -0.4 is 5.32 Å². The summed E-state index contributed by atoms with van der Waals surface area (Å²) < 4.78 is 17.5. The Morgan fingerprint density at radius 1 is 1.41 bits per heavy atom. The Hall–Kier alpha value is -2.17. The summed E-state index contributed by atoms with van der Waals surface area (Å²) in [5.74, 6) is -1.44. The van der Waals surface area contributed by atoms with Crippen molar-refractivity contribution in [3.05, 3.63) is 41.7 Å². The predicted octanol–water partition coefficient (Wildman–Crippen LogP) is 1.13. The zero-order valence-electron chi connectivity index (χ0n) is 9.27. The first-order valence-corrected chi connectivity index (χ1v) is 4.90. The summed E-state index contributed by atoms with van der Waals surface area (Å²) >= 11 is 0. The highest BCUT2D eigenvalue weighted by atomic mass is 19.1. The molecule has 17 heavy (non-hydrogen) atoms. The van der Waals surface area contributed by atoms with Gasteiger partial charge in [-0.2, -0.15) is 0 Å². The van der Waals surface area contributed by atoms with Gasteiger partial charge in [0.05, 0.1) is 7.11 Å². The van der Waals surface area contributed by atoms with E-state index in [9.17, 15) is 14.0 Å². The average molecular weight is 237 g/mol. The van der Waals surface area contributed by atoms with Crippen molar-refractivity contribution in [3.63, 3.8) is 0 Å². The van der Waals surface area contributed by atoms with E-state index in [1.807, 2.05) is 0 Å². The third-order valence-corrected chi connectivity index (χ3v) is 1.95. The number of carbonyl (C=O) groups is 2. The van der Waals surface area contributed by atoms with E-state index in [0.29, 0.717) is 5.56 Å². The molecule has 1 amide bonds. The summed E-state index contributed by atoms with van der Waals surface area (Å²) in [6.07, 6.45) is 2.49. The summed E-state index contributed by atoms with van der Waals surface area (Å²) in [5.41, 5.74) is 0.306. The van der Waals surface area contributed by atoms with E-state index in [0.717, 1.165) is 6.08 Å². The van der Waals surface area contributed by atoms with Crippen molar-refractivity contribution < 1.29 is 18.7 Å². The highest BCUT2D eigenvalue weighted by Crippen LogP contribution is 2.07. The van der Waals surface area contributed by atoms with Gasteiger partial charge in [-0.1, -0.05) is 18.2 Å². The van der Waals surface area contributed by atoms with E-state index >= 15 is 0 Å². The van der Waals surface area contributed by atoms with Gasteiger partial charge in [0.15, 0.2) is 0 Å². The number of amides is 1. The van der Waals surface area contributed by atoms with Crippen LogP contribution in [0.5, 0.6) is 0 Å². The molecule has 0 radical (unpaired) electrons. The number of ether oxygens (including phenoxy) is 1. The molecule has 1 rings (SSSR count). The van der Waals surface area contributed by atoms with E-state index in [1.165, 1.54) is 19.3 Å². The fourth-order valence-corrected chi connectivity index (χ4v) is 1.07. The molecule has 0 atom stereocenters. The van der Waals surface area contributed by atoms with Crippen molar-refractivity contribution in [2.75, 3.05) is 13.7 Å². The Morgan fingerprint density at radius 2 is 2.12 bits per heavy atom. The Balaban J connectivity index is 2.51. The smallest absolute Gasteiger partial charge is 0.325 e. The van der Waals surface area contributed by atoms with Gasteiger partial charge in [-0.15, -0.1) is 0 Å². The molecule has 0 heterocycles. The number of methoxy groups -OCH3 is 1. The lowest BCUT2D eigenvalue weighted by Gasteiger charge is -1.99. The van der Waals surface area contributed by atoms with Crippen LogP contribution in [0.4, 0.5) is 4.39 Å². The summed E-state index contributed by atoms with van der Waals surface area (Å²) in [5, 5.41) is 2.30. The first-order chi connectivity index (χ1) is 8.13. The van der Waals surface area contributed by atoms with Crippen molar-refractivity contribution in [1.29, 1.82) is 0 Å². The molecular formula is C12H12FNO3. The summed E-state index contributed by atoms with van der Waals surface area (Å²) in [6, 6.07) is 6.06. The van der Waals surface area contributed by atoms with Gasteiger partial charge in [-0.3, -0.25) is 9.59 Å². The van der Waals surface area contributed by atoms with Crippen LogP contribution in [0.15, 0.2) is 30.3 Å². The largest absolute Gasteiger partial charge is 0.468 e. The van der Waals surface area contributed by atoms with Gasteiger partial charge in [0.2, 0.25) is 5.91 Å². The minimum absolute atomic E-state index is 0.211.